The summed E-state index contributed by atoms with van der Waals surface area (Å²) in [4.78, 5) is 13.9. The summed E-state index contributed by atoms with van der Waals surface area (Å²) in [5.41, 5.74) is 0.870. The molecule has 1 aromatic heterocycles. The highest BCUT2D eigenvalue weighted by Crippen LogP contribution is 2.27. The van der Waals surface area contributed by atoms with E-state index in [4.69, 9.17) is 4.74 Å². The van der Waals surface area contributed by atoms with Gasteiger partial charge in [-0.1, -0.05) is 0 Å². The van der Waals surface area contributed by atoms with E-state index in [1.54, 1.807) is 4.90 Å². The standard InChI is InChI=1S/C17H28N4O2/c1-17(2,3)23-16(22)20-8-6-15(12-20)21-11-14(10-19-21)13-5-4-7-18-9-13/h10-11,13,15,18H,4-9,12H2,1-3H3. The molecule has 0 spiro atoms. The first-order chi connectivity index (χ1) is 10.9. The van der Waals surface area contributed by atoms with Crippen molar-refractivity contribution in [2.24, 2.45) is 0 Å². The highest BCUT2D eigenvalue weighted by Gasteiger charge is 2.31. The molecule has 2 aliphatic heterocycles. The van der Waals surface area contributed by atoms with E-state index >= 15 is 0 Å². The van der Waals surface area contributed by atoms with Crippen molar-refractivity contribution in [2.75, 3.05) is 26.2 Å². The second kappa shape index (κ2) is 6.51. The van der Waals surface area contributed by atoms with Crippen molar-refractivity contribution >= 4 is 6.09 Å². The van der Waals surface area contributed by atoms with Crippen molar-refractivity contribution < 1.29 is 9.53 Å². The summed E-state index contributed by atoms with van der Waals surface area (Å²) in [6.07, 6.45) is 7.33. The summed E-state index contributed by atoms with van der Waals surface area (Å²) in [5.74, 6) is 0.570. The van der Waals surface area contributed by atoms with Crippen LogP contribution in [0, 0.1) is 0 Å². The molecule has 1 amide bonds. The molecule has 2 fully saturated rings. The summed E-state index contributed by atoms with van der Waals surface area (Å²) < 4.78 is 7.49. The predicted octanol–water partition coefficient (Wildman–Crippen LogP) is 2.53. The van der Waals surface area contributed by atoms with E-state index in [9.17, 15) is 4.79 Å². The summed E-state index contributed by atoms with van der Waals surface area (Å²) in [7, 11) is 0. The van der Waals surface area contributed by atoms with Crippen molar-refractivity contribution in [3.05, 3.63) is 18.0 Å². The Bertz CT molecular complexity index is 543. The zero-order valence-electron chi connectivity index (χ0n) is 14.4. The maximum absolute atomic E-state index is 12.2. The molecule has 2 unspecified atom stereocenters. The first-order valence-electron chi connectivity index (χ1n) is 8.65. The van der Waals surface area contributed by atoms with E-state index < -0.39 is 5.60 Å². The first-order valence-corrected chi connectivity index (χ1v) is 8.65. The highest BCUT2D eigenvalue weighted by molar-refractivity contribution is 5.68. The summed E-state index contributed by atoms with van der Waals surface area (Å²) >= 11 is 0. The number of nitrogens with one attached hydrogen (secondary N) is 1. The van der Waals surface area contributed by atoms with Gasteiger partial charge in [0.15, 0.2) is 0 Å². The van der Waals surface area contributed by atoms with Crippen LogP contribution in [0.25, 0.3) is 0 Å². The molecule has 3 rings (SSSR count). The van der Waals surface area contributed by atoms with E-state index in [-0.39, 0.29) is 12.1 Å². The molecule has 0 radical (unpaired) electrons. The van der Waals surface area contributed by atoms with Crippen LogP contribution < -0.4 is 5.32 Å². The fraction of sp³-hybridized carbons (Fsp3) is 0.765. The van der Waals surface area contributed by atoms with Gasteiger partial charge in [0.25, 0.3) is 0 Å². The molecule has 128 valence electrons. The number of rotatable bonds is 2. The summed E-state index contributed by atoms with van der Waals surface area (Å²) in [5, 5.41) is 8.00. The zero-order chi connectivity index (χ0) is 16.4. The van der Waals surface area contributed by atoms with E-state index in [2.05, 4.69) is 16.6 Å². The average Bonchev–Trinajstić information content (AvgIpc) is 3.16. The Balaban J connectivity index is 1.59. The van der Waals surface area contributed by atoms with Crippen LogP contribution in [0.3, 0.4) is 0 Å². The molecule has 2 saturated heterocycles. The Hall–Kier alpha value is -1.56. The number of ether oxygens (including phenoxy) is 1. The molecule has 6 heteroatoms. The van der Waals surface area contributed by atoms with Gasteiger partial charge in [0.05, 0.1) is 12.2 Å². The highest BCUT2D eigenvalue weighted by atomic mass is 16.6. The zero-order valence-corrected chi connectivity index (χ0v) is 14.4. The average molecular weight is 320 g/mol. The fourth-order valence-electron chi connectivity index (χ4n) is 3.35. The number of hydrogen-bond acceptors (Lipinski definition) is 4. The molecule has 0 bridgehead atoms. The number of aromatic nitrogens is 2. The molecule has 1 aromatic rings. The largest absolute Gasteiger partial charge is 0.444 e. The lowest BCUT2D eigenvalue weighted by Gasteiger charge is -2.24. The van der Waals surface area contributed by atoms with Gasteiger partial charge >= 0.3 is 6.09 Å². The van der Waals surface area contributed by atoms with Gasteiger partial charge in [0.1, 0.15) is 5.60 Å². The second-order valence-electron chi connectivity index (χ2n) is 7.67. The molecule has 1 N–H and O–H groups in total. The lowest BCUT2D eigenvalue weighted by molar-refractivity contribution is 0.0288. The minimum atomic E-state index is -0.442. The van der Waals surface area contributed by atoms with Gasteiger partial charge in [-0.25, -0.2) is 4.79 Å². The summed E-state index contributed by atoms with van der Waals surface area (Å²) in [6.45, 7) is 9.28. The number of likely N-dealkylation sites (tertiary alicyclic amines) is 1. The SMILES string of the molecule is CC(C)(C)OC(=O)N1CCC(n2cc(C3CCCNC3)cn2)C1. The quantitative estimate of drug-likeness (QED) is 0.910. The third kappa shape index (κ3) is 4.05. The van der Waals surface area contributed by atoms with Crippen LogP contribution in [0.1, 0.15) is 57.6 Å². The van der Waals surface area contributed by atoms with Crippen LogP contribution in [-0.2, 0) is 4.74 Å². The van der Waals surface area contributed by atoms with E-state index in [1.165, 1.54) is 18.4 Å². The van der Waals surface area contributed by atoms with Crippen LogP contribution in [0.15, 0.2) is 12.4 Å². The van der Waals surface area contributed by atoms with Crippen molar-refractivity contribution in [1.82, 2.24) is 20.0 Å². The van der Waals surface area contributed by atoms with E-state index in [0.29, 0.717) is 12.5 Å². The Morgan fingerprint density at radius 2 is 2.22 bits per heavy atom. The number of amides is 1. The van der Waals surface area contributed by atoms with Gasteiger partial charge in [-0.05, 0) is 58.1 Å². The molecule has 0 saturated carbocycles. The lowest BCUT2D eigenvalue weighted by atomic mass is 9.94. The summed E-state index contributed by atoms with van der Waals surface area (Å²) in [6, 6.07) is 0.257. The van der Waals surface area contributed by atoms with Crippen molar-refractivity contribution in [1.29, 1.82) is 0 Å². The van der Waals surface area contributed by atoms with Crippen LogP contribution in [0.5, 0.6) is 0 Å². The Morgan fingerprint density at radius 3 is 2.91 bits per heavy atom. The number of piperidine rings is 1. The van der Waals surface area contributed by atoms with Crippen molar-refractivity contribution in [2.45, 2.75) is 57.6 Å². The minimum Gasteiger partial charge on any atom is -0.444 e. The number of hydrogen-bond donors (Lipinski definition) is 1. The van der Waals surface area contributed by atoms with Crippen LogP contribution in [-0.4, -0.2) is 52.6 Å². The monoisotopic (exact) mass is 320 g/mol. The maximum Gasteiger partial charge on any atom is 0.410 e. The third-order valence-electron chi connectivity index (χ3n) is 4.58. The number of carbonyl (C=O) groups excluding carboxylic acids is 1. The van der Waals surface area contributed by atoms with Gasteiger partial charge in [-0.3, -0.25) is 4.68 Å². The van der Waals surface area contributed by atoms with Gasteiger partial charge in [0, 0.05) is 25.8 Å². The van der Waals surface area contributed by atoms with Crippen LogP contribution in [0.4, 0.5) is 4.79 Å². The first kappa shape index (κ1) is 16.3. The predicted molar refractivity (Wildman–Crippen MR) is 88.5 cm³/mol. The maximum atomic E-state index is 12.2. The van der Waals surface area contributed by atoms with E-state index in [1.807, 2.05) is 31.6 Å². The Labute approximate surface area is 138 Å². The van der Waals surface area contributed by atoms with Crippen LogP contribution >= 0.6 is 0 Å². The van der Waals surface area contributed by atoms with Crippen molar-refractivity contribution in [3.8, 4) is 0 Å². The molecule has 2 aliphatic rings. The van der Waals surface area contributed by atoms with Gasteiger partial charge in [-0.2, -0.15) is 5.10 Å². The van der Waals surface area contributed by atoms with Gasteiger partial charge < -0.3 is 15.0 Å². The molecule has 0 aromatic carbocycles. The van der Waals surface area contributed by atoms with E-state index in [0.717, 1.165) is 26.1 Å². The molecular weight excluding hydrogens is 292 g/mol. The van der Waals surface area contributed by atoms with Gasteiger partial charge in [0.2, 0.25) is 0 Å². The smallest absolute Gasteiger partial charge is 0.410 e. The minimum absolute atomic E-state index is 0.219. The second-order valence-corrected chi connectivity index (χ2v) is 7.67. The topological polar surface area (TPSA) is 59.4 Å². The third-order valence-corrected chi connectivity index (χ3v) is 4.58. The molecule has 3 heterocycles. The fourth-order valence-corrected chi connectivity index (χ4v) is 3.35. The molecule has 2 atom stereocenters. The molecule has 6 nitrogen and oxygen atoms in total. The normalized spacial score (nSPS) is 25.6. The Kier molecular flexibility index (Phi) is 4.62. The van der Waals surface area contributed by atoms with Gasteiger partial charge in [-0.15, -0.1) is 0 Å². The Morgan fingerprint density at radius 1 is 1.39 bits per heavy atom. The van der Waals surface area contributed by atoms with Crippen molar-refractivity contribution in [3.63, 3.8) is 0 Å². The molecule has 23 heavy (non-hydrogen) atoms. The molecule has 0 aliphatic carbocycles. The lowest BCUT2D eigenvalue weighted by Crippen LogP contribution is -2.35. The molecular formula is C17H28N4O2. The number of nitrogens with zero attached hydrogens (tertiary/aromatic N) is 3. The van der Waals surface area contributed by atoms with Crippen LogP contribution in [0.2, 0.25) is 0 Å². The number of carbonyl (C=O) groups is 1.